The molecule has 0 radical (unpaired) electrons. The summed E-state index contributed by atoms with van der Waals surface area (Å²) in [5.74, 6) is 1.19. The van der Waals surface area contributed by atoms with Crippen LogP contribution in [0, 0.1) is 5.92 Å². The van der Waals surface area contributed by atoms with Gasteiger partial charge in [0, 0.05) is 30.9 Å². The Morgan fingerprint density at radius 2 is 2.00 bits per heavy atom. The highest BCUT2D eigenvalue weighted by molar-refractivity contribution is 7.85. The molecule has 5 heterocycles. The lowest BCUT2D eigenvalue weighted by Gasteiger charge is -2.44. The van der Waals surface area contributed by atoms with Crippen molar-refractivity contribution in [2.45, 2.75) is 56.3 Å². The van der Waals surface area contributed by atoms with Crippen molar-refractivity contribution < 1.29 is 31.8 Å². The second kappa shape index (κ2) is 9.47. The zero-order valence-electron chi connectivity index (χ0n) is 22.9. The predicted molar refractivity (Wildman–Crippen MR) is 160 cm³/mol. The van der Waals surface area contributed by atoms with Gasteiger partial charge in [-0.25, -0.2) is 0 Å². The highest BCUT2D eigenvalue weighted by atomic mass is 32.2. The number of carbonyl (C=O) groups is 1. The number of aromatic nitrogens is 1. The first kappa shape index (κ1) is 26.1. The third-order valence-electron chi connectivity index (χ3n) is 9.05. The number of aldehydes is 1. The van der Waals surface area contributed by atoms with Crippen LogP contribution in [-0.2, 0) is 26.2 Å². The third-order valence-corrected chi connectivity index (χ3v) is 11.1. The van der Waals surface area contributed by atoms with Gasteiger partial charge in [0.25, 0.3) is 15.1 Å². The number of hydrogen-bond donors (Lipinski definition) is 1. The van der Waals surface area contributed by atoms with Crippen LogP contribution in [0.3, 0.4) is 0 Å². The standard InChI is InChI=1S/C32H28N2O6S2/c1-2-21-27-25(13-14-33-29-22-8-4-3-6-18(22)9-12-26(29)41-32(27)33)39-30-19(7-5-15-35)17-34-23-16-20(42(36,37)38)10-11-24(23)40-31(34)28(21)30/h3-4,6,8-12,15-16,19,25,30H,2,5,7,13-14,17H2,1H3/p+1. The molecule has 0 spiro atoms. The van der Waals surface area contributed by atoms with Gasteiger partial charge in [-0.1, -0.05) is 42.5 Å². The van der Waals surface area contributed by atoms with Gasteiger partial charge in [-0.05, 0) is 54.1 Å². The molecule has 0 saturated carbocycles. The first-order valence-corrected chi connectivity index (χ1v) is 16.6. The van der Waals surface area contributed by atoms with Gasteiger partial charge < -0.3 is 19.2 Å². The fourth-order valence-corrected chi connectivity index (χ4v) is 9.08. The lowest BCUT2D eigenvalue weighted by molar-refractivity contribution is -0.673. The van der Waals surface area contributed by atoms with Gasteiger partial charge >= 0.3 is 0 Å². The second-order valence-electron chi connectivity index (χ2n) is 11.3. The van der Waals surface area contributed by atoms with E-state index in [0.717, 1.165) is 31.2 Å². The molecule has 214 valence electrons. The lowest BCUT2D eigenvalue weighted by Crippen LogP contribution is -2.51. The van der Waals surface area contributed by atoms with E-state index in [1.165, 1.54) is 49.3 Å². The quantitative estimate of drug-likeness (QED) is 0.180. The molecule has 0 aliphatic carbocycles. The Balaban J connectivity index is 1.36. The first-order valence-electron chi connectivity index (χ1n) is 14.4. The summed E-state index contributed by atoms with van der Waals surface area (Å²) in [4.78, 5) is 13.3. The topological polar surface area (TPSA) is 97.0 Å². The van der Waals surface area contributed by atoms with Gasteiger partial charge in [-0.3, -0.25) is 4.55 Å². The summed E-state index contributed by atoms with van der Waals surface area (Å²) in [6.07, 6.45) is 3.32. The van der Waals surface area contributed by atoms with Gasteiger partial charge in [0.2, 0.25) is 11.4 Å². The summed E-state index contributed by atoms with van der Waals surface area (Å²) in [5, 5.41) is 3.66. The van der Waals surface area contributed by atoms with E-state index in [1.807, 2.05) is 4.90 Å². The minimum absolute atomic E-state index is 0.00129. The summed E-state index contributed by atoms with van der Waals surface area (Å²) in [6.45, 7) is 3.54. The van der Waals surface area contributed by atoms with Crippen LogP contribution in [0.4, 0.5) is 5.69 Å². The summed E-state index contributed by atoms with van der Waals surface area (Å²) in [7, 11) is -4.39. The number of benzene rings is 3. The number of carbonyl (C=O) groups excluding carboxylic acids is 1. The molecule has 8 nitrogen and oxygen atoms in total. The van der Waals surface area contributed by atoms with Crippen molar-refractivity contribution >= 4 is 60.0 Å². The lowest BCUT2D eigenvalue weighted by atomic mass is 9.78. The molecular weight excluding hydrogens is 572 g/mol. The highest BCUT2D eigenvalue weighted by Gasteiger charge is 2.50. The van der Waals surface area contributed by atoms with Crippen LogP contribution < -0.4 is 14.2 Å². The molecule has 3 aromatic carbocycles. The van der Waals surface area contributed by atoms with Crippen molar-refractivity contribution in [3.8, 4) is 5.75 Å². The van der Waals surface area contributed by atoms with Crippen molar-refractivity contribution in [1.29, 1.82) is 0 Å². The van der Waals surface area contributed by atoms with Crippen LogP contribution >= 0.6 is 11.3 Å². The van der Waals surface area contributed by atoms with Crippen molar-refractivity contribution in [1.82, 2.24) is 0 Å². The van der Waals surface area contributed by atoms with Crippen LogP contribution in [0.25, 0.3) is 26.6 Å². The maximum atomic E-state index is 12.0. The number of thiazole rings is 1. The Hall–Kier alpha value is -3.57. The van der Waals surface area contributed by atoms with Crippen LogP contribution in [-0.4, -0.2) is 38.0 Å². The Morgan fingerprint density at radius 3 is 2.81 bits per heavy atom. The summed E-state index contributed by atoms with van der Waals surface area (Å²) < 4.78 is 50.8. The molecule has 0 saturated heterocycles. The molecule has 1 aromatic heterocycles. The van der Waals surface area contributed by atoms with E-state index >= 15 is 0 Å². The number of fused-ring (bicyclic) bond motifs is 11. The van der Waals surface area contributed by atoms with Crippen LogP contribution in [0.1, 0.15) is 37.6 Å². The van der Waals surface area contributed by atoms with Crippen LogP contribution in [0.5, 0.6) is 5.75 Å². The second-order valence-corrected chi connectivity index (χ2v) is 13.8. The van der Waals surface area contributed by atoms with Gasteiger partial charge in [-0.15, -0.1) is 0 Å². The SMILES string of the molecule is CCC1=C2c3sc4ccc5ccccc5c4[n+]3CCC2OC2C1=C1Oc3ccc(S(=O)(=O)O)cc3N1CC2CCC=O. The first-order chi connectivity index (χ1) is 20.4. The van der Waals surface area contributed by atoms with E-state index in [2.05, 4.69) is 47.9 Å². The highest BCUT2D eigenvalue weighted by Crippen LogP contribution is 2.52. The molecule has 4 aromatic rings. The summed E-state index contributed by atoms with van der Waals surface area (Å²) in [6, 6.07) is 17.3. The maximum Gasteiger partial charge on any atom is 0.294 e. The molecule has 10 heteroatoms. The van der Waals surface area contributed by atoms with Gasteiger partial charge in [0.15, 0.2) is 12.3 Å². The van der Waals surface area contributed by atoms with E-state index in [0.29, 0.717) is 36.7 Å². The van der Waals surface area contributed by atoms with Gasteiger partial charge in [-0.2, -0.15) is 13.0 Å². The van der Waals surface area contributed by atoms with E-state index in [4.69, 9.17) is 9.47 Å². The number of nitrogens with zero attached hydrogens (tertiary/aromatic N) is 2. The minimum atomic E-state index is -4.39. The predicted octanol–water partition coefficient (Wildman–Crippen LogP) is 5.64. The normalized spacial score (nSPS) is 22.9. The van der Waals surface area contributed by atoms with E-state index < -0.39 is 10.1 Å². The summed E-state index contributed by atoms with van der Waals surface area (Å²) in [5.41, 5.74) is 5.22. The summed E-state index contributed by atoms with van der Waals surface area (Å²) >= 11 is 1.80. The minimum Gasteiger partial charge on any atom is -0.438 e. The molecule has 3 unspecified atom stereocenters. The maximum absolute atomic E-state index is 12.0. The fourth-order valence-electron chi connectivity index (χ4n) is 7.26. The molecule has 4 aliphatic rings. The van der Waals surface area contributed by atoms with Crippen LogP contribution in [0.15, 0.2) is 76.5 Å². The Labute approximate surface area is 247 Å². The average molecular weight is 602 g/mol. The van der Waals surface area contributed by atoms with Gasteiger partial charge in [0.1, 0.15) is 11.0 Å². The van der Waals surface area contributed by atoms with Crippen LogP contribution in [0.2, 0.25) is 0 Å². The van der Waals surface area contributed by atoms with Crippen molar-refractivity contribution in [2.75, 3.05) is 11.4 Å². The third kappa shape index (κ3) is 3.75. The molecule has 0 fully saturated rings. The van der Waals surface area contributed by atoms with Crippen molar-refractivity contribution in [2.24, 2.45) is 5.92 Å². The number of ether oxygens (including phenoxy) is 2. The zero-order valence-corrected chi connectivity index (χ0v) is 24.6. The van der Waals surface area contributed by atoms with E-state index in [1.54, 1.807) is 17.4 Å². The monoisotopic (exact) mass is 601 g/mol. The molecule has 8 rings (SSSR count). The Kier molecular flexibility index (Phi) is 5.88. The largest absolute Gasteiger partial charge is 0.438 e. The molecule has 1 N–H and O–H groups in total. The molecular formula is C32H29N2O6S2+. The van der Waals surface area contributed by atoms with Gasteiger partial charge in [0.05, 0.1) is 33.8 Å². The van der Waals surface area contributed by atoms with Crippen molar-refractivity contribution in [3.63, 3.8) is 0 Å². The number of anilines is 1. The molecule has 4 aliphatic heterocycles. The number of rotatable bonds is 5. The fraction of sp³-hybridized carbons (Fsp3) is 0.312. The number of hydrogen-bond acceptors (Lipinski definition) is 7. The Morgan fingerprint density at radius 1 is 1.14 bits per heavy atom. The number of aryl methyl sites for hydroxylation is 1. The molecule has 0 bridgehead atoms. The molecule has 3 atom stereocenters. The average Bonchev–Trinajstić information content (AvgIpc) is 3.56. The molecule has 0 amide bonds. The Bertz CT molecular complexity index is 1990. The van der Waals surface area contributed by atoms with E-state index in [-0.39, 0.29) is 23.0 Å². The molecule has 42 heavy (non-hydrogen) atoms. The van der Waals surface area contributed by atoms with E-state index in [9.17, 15) is 17.8 Å². The smallest absolute Gasteiger partial charge is 0.294 e. The zero-order chi connectivity index (χ0) is 28.7. The van der Waals surface area contributed by atoms with Crippen molar-refractivity contribution in [3.05, 3.63) is 76.6 Å².